The molecule has 0 bridgehead atoms. The van der Waals surface area contributed by atoms with Gasteiger partial charge in [-0.2, -0.15) is 4.99 Å². The summed E-state index contributed by atoms with van der Waals surface area (Å²) in [6.45, 7) is 9.85. The highest BCUT2D eigenvalue weighted by Crippen LogP contribution is 2.14. The van der Waals surface area contributed by atoms with Crippen molar-refractivity contribution < 1.29 is 24.0 Å². The third kappa shape index (κ3) is 6.83. The lowest BCUT2D eigenvalue weighted by atomic mass is 10.2. The molecule has 0 aliphatic heterocycles. The summed E-state index contributed by atoms with van der Waals surface area (Å²) in [4.78, 5) is 59.3. The number of rotatable bonds is 12. The summed E-state index contributed by atoms with van der Waals surface area (Å²) in [6.07, 6.45) is 6.86. The summed E-state index contributed by atoms with van der Waals surface area (Å²) in [7, 11) is 0. The normalized spacial score (nSPS) is 12.4. The number of esters is 1. The van der Waals surface area contributed by atoms with Crippen LogP contribution in [0, 0.1) is 17.0 Å². The average Bonchev–Trinajstić information content (AvgIpc) is 2.92. The van der Waals surface area contributed by atoms with Gasteiger partial charge < -0.3 is 14.0 Å². The molecule has 12 nitrogen and oxygen atoms in total. The highest BCUT2D eigenvalue weighted by atomic mass is 16.6. The minimum atomic E-state index is -0.868. The van der Waals surface area contributed by atoms with Crippen molar-refractivity contribution >= 4 is 28.6 Å². The molecule has 0 aromatic carbocycles. The monoisotopic (exact) mass is 549 g/mol. The molecular formula is C28H31N5O7. The molecule has 0 atom stereocenters. The second kappa shape index (κ2) is 13.9. The van der Waals surface area contributed by atoms with E-state index in [1.807, 2.05) is 6.92 Å². The average molecular weight is 550 g/mol. The maximum Gasteiger partial charge on any atom is 0.341 e. The van der Waals surface area contributed by atoms with Gasteiger partial charge in [0.1, 0.15) is 23.3 Å². The number of carbonyl (C=O) groups is 2. The fourth-order valence-electron chi connectivity index (χ4n) is 3.99. The lowest BCUT2D eigenvalue weighted by Gasteiger charge is -2.15. The van der Waals surface area contributed by atoms with Crippen LogP contribution < -0.4 is 11.0 Å². The summed E-state index contributed by atoms with van der Waals surface area (Å²) in [6, 6.07) is 4.83. The van der Waals surface area contributed by atoms with Crippen molar-refractivity contribution in [3.05, 3.63) is 98.1 Å². The van der Waals surface area contributed by atoms with Gasteiger partial charge >= 0.3 is 5.97 Å². The highest BCUT2D eigenvalue weighted by molar-refractivity contribution is 5.94. The first-order valence-corrected chi connectivity index (χ1v) is 12.7. The molecule has 3 aromatic heterocycles. The Kier molecular flexibility index (Phi) is 10.4. The van der Waals surface area contributed by atoms with Crippen molar-refractivity contribution in [1.29, 1.82) is 0 Å². The third-order valence-electron chi connectivity index (χ3n) is 5.81. The number of aromatic nitrogens is 3. The molecule has 0 aliphatic carbocycles. The first-order valence-electron chi connectivity index (χ1n) is 12.7. The Bertz CT molecular complexity index is 1650. The minimum Gasteiger partial charge on any atom is -0.462 e. The van der Waals surface area contributed by atoms with E-state index in [1.54, 1.807) is 32.2 Å². The zero-order valence-corrected chi connectivity index (χ0v) is 22.7. The van der Waals surface area contributed by atoms with Gasteiger partial charge in [-0.15, -0.1) is 0 Å². The van der Waals surface area contributed by atoms with Gasteiger partial charge in [0.05, 0.1) is 16.9 Å². The molecule has 0 unspecified atom stereocenters. The van der Waals surface area contributed by atoms with E-state index in [4.69, 9.17) is 14.5 Å². The summed E-state index contributed by atoms with van der Waals surface area (Å²) in [5, 5.41) is 11.6. The summed E-state index contributed by atoms with van der Waals surface area (Å²) >= 11 is 0. The maximum absolute atomic E-state index is 13.5. The van der Waals surface area contributed by atoms with E-state index in [0.29, 0.717) is 25.3 Å². The van der Waals surface area contributed by atoms with Crippen molar-refractivity contribution in [3.63, 3.8) is 0 Å². The Morgan fingerprint density at radius 3 is 2.67 bits per heavy atom. The van der Waals surface area contributed by atoms with Crippen LogP contribution in [-0.4, -0.2) is 50.6 Å². The minimum absolute atomic E-state index is 0.0343. The van der Waals surface area contributed by atoms with Gasteiger partial charge in [-0.1, -0.05) is 30.9 Å². The zero-order chi connectivity index (χ0) is 29.2. The van der Waals surface area contributed by atoms with Crippen LogP contribution in [0.5, 0.6) is 0 Å². The van der Waals surface area contributed by atoms with E-state index < -0.39 is 34.5 Å². The Labute approximate surface area is 229 Å². The topological polar surface area (TPSA) is 147 Å². The van der Waals surface area contributed by atoms with Gasteiger partial charge in [0.25, 0.3) is 17.2 Å². The van der Waals surface area contributed by atoms with Crippen LogP contribution in [0.2, 0.25) is 0 Å². The fourth-order valence-corrected chi connectivity index (χ4v) is 3.99. The lowest BCUT2D eigenvalue weighted by Crippen LogP contribution is -2.33. The molecule has 0 N–H and O–H groups in total. The first-order chi connectivity index (χ1) is 19.2. The van der Waals surface area contributed by atoms with Crippen LogP contribution in [0.25, 0.3) is 16.7 Å². The second-order valence-electron chi connectivity index (χ2n) is 8.56. The highest BCUT2D eigenvalue weighted by Gasteiger charge is 2.22. The van der Waals surface area contributed by atoms with Gasteiger partial charge in [0.2, 0.25) is 0 Å². The Hall–Kier alpha value is -4.71. The van der Waals surface area contributed by atoms with E-state index in [2.05, 4.69) is 11.6 Å². The summed E-state index contributed by atoms with van der Waals surface area (Å²) < 4.78 is 13.5. The van der Waals surface area contributed by atoms with Gasteiger partial charge in [-0.25, -0.2) is 9.78 Å². The number of aryl methyl sites for hydroxylation is 2. The van der Waals surface area contributed by atoms with Crippen molar-refractivity contribution in [3.8, 4) is 0 Å². The number of hydrogen-bond acceptors (Lipinski definition) is 8. The van der Waals surface area contributed by atoms with Gasteiger partial charge in [0, 0.05) is 32.0 Å². The molecule has 3 aromatic rings. The Morgan fingerprint density at radius 2 is 2.00 bits per heavy atom. The van der Waals surface area contributed by atoms with Gasteiger partial charge in [-0.05, 0) is 44.9 Å². The maximum atomic E-state index is 13.5. The van der Waals surface area contributed by atoms with Gasteiger partial charge in [-0.3, -0.25) is 24.1 Å². The molecule has 0 saturated carbocycles. The number of nitrogens with zero attached hydrogens (tertiary/aromatic N) is 5. The molecule has 12 heteroatoms. The summed E-state index contributed by atoms with van der Waals surface area (Å²) in [5.41, 5.74) is 0.274. The van der Waals surface area contributed by atoms with Crippen molar-refractivity contribution in [1.82, 2.24) is 14.0 Å². The molecule has 1 amide bonds. The van der Waals surface area contributed by atoms with E-state index in [9.17, 15) is 24.5 Å². The van der Waals surface area contributed by atoms with Gasteiger partial charge in [0.15, 0.2) is 5.49 Å². The van der Waals surface area contributed by atoms with E-state index in [0.717, 1.165) is 5.56 Å². The predicted octanol–water partition coefficient (Wildman–Crippen LogP) is 3.28. The number of carbonyl (C=O) groups excluding carboxylic acids is 2. The van der Waals surface area contributed by atoms with Crippen LogP contribution >= 0.6 is 0 Å². The number of ether oxygens (including phenoxy) is 2. The molecule has 0 radical (unpaired) electrons. The molecule has 0 aliphatic rings. The second-order valence-corrected chi connectivity index (χ2v) is 8.56. The lowest BCUT2D eigenvalue weighted by molar-refractivity contribution is -0.426. The third-order valence-corrected chi connectivity index (χ3v) is 5.81. The number of fused-ring (bicyclic) bond motifs is 2. The smallest absolute Gasteiger partial charge is 0.341 e. The van der Waals surface area contributed by atoms with Crippen LogP contribution in [0.1, 0.15) is 42.6 Å². The van der Waals surface area contributed by atoms with Crippen LogP contribution in [0.4, 0.5) is 0 Å². The van der Waals surface area contributed by atoms with Crippen molar-refractivity contribution in [2.45, 2.75) is 40.2 Å². The van der Waals surface area contributed by atoms with Crippen molar-refractivity contribution in [2.75, 3.05) is 19.8 Å². The number of hydrogen-bond donors (Lipinski definition) is 0. The predicted molar refractivity (Wildman–Crippen MR) is 148 cm³/mol. The molecule has 0 saturated heterocycles. The molecule has 3 heterocycles. The standard InChI is InChI=1S/C28H31N5O7/c1-5-8-9-13-20(33(37)38)17-23(34)29-26-22(28(36)40-7-3)18-21-25(31(26)15-11-16-39-6-2)30-24-19(4)12-10-14-32(24)27(21)35/h5,8-10,12-14,18H,1,6-7,11,15-17H2,2-4H3/b9-8-,20-13+,29-26?. The SMILES string of the molecule is C=C/C=C\C=C(/CC(=O)N=c1c(C(=O)OCC)cc2c(=O)n3cccc(C)c3nc2n1CCCOCC)[N+](=O)[O-]. The molecule has 0 spiro atoms. The number of pyridine rings is 2. The Morgan fingerprint density at radius 1 is 1.23 bits per heavy atom. The Balaban J connectivity index is 2.36. The molecule has 210 valence electrons. The molecular weight excluding hydrogens is 518 g/mol. The molecule has 40 heavy (non-hydrogen) atoms. The number of nitro groups is 1. The van der Waals surface area contributed by atoms with Crippen LogP contribution in [0.15, 0.2) is 70.8 Å². The van der Waals surface area contributed by atoms with E-state index in [1.165, 1.54) is 39.3 Å². The zero-order valence-electron chi connectivity index (χ0n) is 22.7. The molecule has 3 rings (SSSR count). The fraction of sp³-hybridized carbons (Fsp3) is 0.321. The molecule has 0 fully saturated rings. The van der Waals surface area contributed by atoms with E-state index >= 15 is 0 Å². The van der Waals surface area contributed by atoms with Crippen LogP contribution in [0.3, 0.4) is 0 Å². The summed E-state index contributed by atoms with van der Waals surface area (Å²) in [5.74, 6) is -1.67. The largest absolute Gasteiger partial charge is 0.462 e. The number of allylic oxidation sites excluding steroid dienone is 4. The van der Waals surface area contributed by atoms with E-state index in [-0.39, 0.29) is 35.2 Å². The quantitative estimate of drug-likeness (QED) is 0.0835. The first kappa shape index (κ1) is 29.8. The van der Waals surface area contributed by atoms with Crippen LogP contribution in [-0.2, 0) is 20.8 Å². The van der Waals surface area contributed by atoms with Crippen molar-refractivity contribution in [2.24, 2.45) is 4.99 Å². The number of amides is 1.